The van der Waals surface area contributed by atoms with Crippen LogP contribution in [-0.4, -0.2) is 15.9 Å². The highest BCUT2D eigenvalue weighted by atomic mass is 35.5. The lowest BCUT2D eigenvalue weighted by Crippen LogP contribution is -2.15. The van der Waals surface area contributed by atoms with E-state index in [2.05, 4.69) is 10.1 Å². The number of carbonyl (C=O) groups excluding carboxylic acids is 1. The summed E-state index contributed by atoms with van der Waals surface area (Å²) in [6.07, 6.45) is 0.165. The van der Waals surface area contributed by atoms with Gasteiger partial charge in [0.2, 0.25) is 5.89 Å². The predicted molar refractivity (Wildman–Crippen MR) is 76.8 cm³/mol. The maximum atomic E-state index is 13.8. The molecule has 2 aromatic rings. The van der Waals surface area contributed by atoms with Gasteiger partial charge < -0.3 is 4.52 Å². The first-order valence-electron chi connectivity index (χ1n) is 6.66. The zero-order valence-corrected chi connectivity index (χ0v) is 12.8. The summed E-state index contributed by atoms with van der Waals surface area (Å²) in [5.41, 5.74) is 0.388. The van der Waals surface area contributed by atoms with Crippen molar-refractivity contribution in [1.82, 2.24) is 10.1 Å². The molecule has 1 aromatic carbocycles. The monoisotopic (exact) mass is 310 g/mol. The Kier molecular flexibility index (Phi) is 4.73. The quantitative estimate of drug-likeness (QED) is 0.843. The molecule has 0 aliphatic rings. The summed E-state index contributed by atoms with van der Waals surface area (Å²) < 4.78 is 19.0. The zero-order valence-electron chi connectivity index (χ0n) is 12.1. The molecule has 0 amide bonds. The van der Waals surface area contributed by atoms with Crippen molar-refractivity contribution in [2.45, 2.75) is 33.1 Å². The molecule has 2 rings (SSSR count). The Hall–Kier alpha value is -1.75. The molecular weight excluding hydrogens is 295 g/mol. The van der Waals surface area contributed by atoms with Crippen molar-refractivity contribution in [2.75, 3.05) is 0 Å². The third-order valence-corrected chi connectivity index (χ3v) is 3.53. The maximum Gasteiger partial charge on any atom is 0.237 e. The molecular formula is C15H16ClFN2O2. The molecule has 1 unspecified atom stereocenters. The second-order valence-electron chi connectivity index (χ2n) is 5.27. The Bertz CT molecular complexity index is 655. The van der Waals surface area contributed by atoms with E-state index in [-0.39, 0.29) is 29.0 Å². The molecule has 112 valence electrons. The Balaban J connectivity index is 2.24. The van der Waals surface area contributed by atoms with Gasteiger partial charge in [0.25, 0.3) is 0 Å². The van der Waals surface area contributed by atoms with Crippen LogP contribution in [0, 0.1) is 11.7 Å². The number of carbonyl (C=O) groups is 1. The van der Waals surface area contributed by atoms with Gasteiger partial charge in [-0.2, -0.15) is 4.98 Å². The number of rotatable bonds is 5. The number of ketones is 1. The minimum atomic E-state index is -0.488. The fourth-order valence-electron chi connectivity index (χ4n) is 2.25. The summed E-state index contributed by atoms with van der Waals surface area (Å²) in [5, 5.41) is 3.88. The normalized spacial score (nSPS) is 12.7. The van der Waals surface area contributed by atoms with Crippen molar-refractivity contribution in [1.29, 1.82) is 0 Å². The van der Waals surface area contributed by atoms with Gasteiger partial charge in [0, 0.05) is 6.42 Å². The molecule has 0 radical (unpaired) electrons. The molecule has 0 fully saturated rings. The highest BCUT2D eigenvalue weighted by Crippen LogP contribution is 2.25. The van der Waals surface area contributed by atoms with Crippen LogP contribution in [0.3, 0.4) is 0 Å². The van der Waals surface area contributed by atoms with E-state index in [9.17, 15) is 9.18 Å². The smallest absolute Gasteiger partial charge is 0.237 e. The fraction of sp³-hybridized carbons (Fsp3) is 0.400. The van der Waals surface area contributed by atoms with Gasteiger partial charge in [-0.05, 0) is 24.5 Å². The Morgan fingerprint density at radius 2 is 2.14 bits per heavy atom. The van der Waals surface area contributed by atoms with Gasteiger partial charge in [-0.25, -0.2) is 4.39 Å². The van der Waals surface area contributed by atoms with Crippen LogP contribution in [0.15, 0.2) is 22.7 Å². The summed E-state index contributed by atoms with van der Waals surface area (Å²) in [6.45, 7) is 5.31. The van der Waals surface area contributed by atoms with E-state index in [1.807, 2.05) is 13.8 Å². The largest absolute Gasteiger partial charge is 0.339 e. The number of benzene rings is 1. The molecule has 0 bridgehead atoms. The van der Waals surface area contributed by atoms with Crippen molar-refractivity contribution in [3.8, 4) is 0 Å². The molecule has 21 heavy (non-hydrogen) atoms. The van der Waals surface area contributed by atoms with Crippen LogP contribution in [0.25, 0.3) is 0 Å². The molecule has 1 atom stereocenters. The van der Waals surface area contributed by atoms with E-state index in [0.717, 1.165) is 0 Å². The van der Waals surface area contributed by atoms with Gasteiger partial charge in [0.15, 0.2) is 5.82 Å². The summed E-state index contributed by atoms with van der Waals surface area (Å²) in [4.78, 5) is 15.9. The van der Waals surface area contributed by atoms with Gasteiger partial charge in [-0.3, -0.25) is 4.79 Å². The highest BCUT2D eigenvalue weighted by molar-refractivity contribution is 6.30. The van der Waals surface area contributed by atoms with Crippen molar-refractivity contribution in [3.05, 3.63) is 46.3 Å². The highest BCUT2D eigenvalue weighted by Gasteiger charge is 2.27. The van der Waals surface area contributed by atoms with Crippen molar-refractivity contribution < 1.29 is 13.7 Å². The number of hydrogen-bond donors (Lipinski definition) is 0. The topological polar surface area (TPSA) is 56.0 Å². The first-order chi connectivity index (χ1) is 9.90. The maximum absolute atomic E-state index is 13.8. The lowest BCUT2D eigenvalue weighted by atomic mass is 9.92. The molecule has 4 nitrogen and oxygen atoms in total. The number of halogens is 2. The van der Waals surface area contributed by atoms with Gasteiger partial charge in [0.1, 0.15) is 11.6 Å². The summed E-state index contributed by atoms with van der Waals surface area (Å²) in [6, 6.07) is 4.75. The van der Waals surface area contributed by atoms with E-state index in [1.54, 1.807) is 12.1 Å². The standard InChI is InChI=1S/C15H16ClFN2O2/c1-8(2)13(9(3)20)15-18-12(19-21-15)7-10-5-4-6-11(16)14(10)17/h4-6,8,13H,7H2,1-3H3. The van der Waals surface area contributed by atoms with Crippen LogP contribution in [-0.2, 0) is 11.2 Å². The minimum Gasteiger partial charge on any atom is -0.339 e. The lowest BCUT2D eigenvalue weighted by molar-refractivity contribution is -0.119. The number of aromatic nitrogens is 2. The lowest BCUT2D eigenvalue weighted by Gasteiger charge is -2.12. The molecule has 6 heteroatoms. The van der Waals surface area contributed by atoms with Crippen LogP contribution < -0.4 is 0 Å². The Morgan fingerprint density at radius 3 is 2.76 bits per heavy atom. The number of nitrogens with zero attached hydrogens (tertiary/aromatic N) is 2. The second-order valence-corrected chi connectivity index (χ2v) is 5.68. The minimum absolute atomic E-state index is 0.0332. The van der Waals surface area contributed by atoms with Gasteiger partial charge in [-0.15, -0.1) is 0 Å². The van der Waals surface area contributed by atoms with Crippen molar-refractivity contribution in [2.24, 2.45) is 5.92 Å². The zero-order chi connectivity index (χ0) is 15.6. The average Bonchev–Trinajstić information content (AvgIpc) is 2.82. The molecule has 0 spiro atoms. The first kappa shape index (κ1) is 15.6. The third kappa shape index (κ3) is 3.47. The van der Waals surface area contributed by atoms with Crippen LogP contribution >= 0.6 is 11.6 Å². The van der Waals surface area contributed by atoms with E-state index in [1.165, 1.54) is 13.0 Å². The van der Waals surface area contributed by atoms with E-state index >= 15 is 0 Å². The van der Waals surface area contributed by atoms with Crippen LogP contribution in [0.4, 0.5) is 4.39 Å². The first-order valence-corrected chi connectivity index (χ1v) is 7.03. The predicted octanol–water partition coefficient (Wildman–Crippen LogP) is 3.78. The van der Waals surface area contributed by atoms with Crippen molar-refractivity contribution >= 4 is 17.4 Å². The third-order valence-electron chi connectivity index (χ3n) is 3.23. The van der Waals surface area contributed by atoms with E-state index in [0.29, 0.717) is 11.4 Å². The Labute approximate surface area is 127 Å². The molecule has 1 heterocycles. The van der Waals surface area contributed by atoms with E-state index < -0.39 is 11.7 Å². The molecule has 0 N–H and O–H groups in total. The van der Waals surface area contributed by atoms with Crippen LogP contribution in [0.5, 0.6) is 0 Å². The van der Waals surface area contributed by atoms with Crippen molar-refractivity contribution in [3.63, 3.8) is 0 Å². The summed E-state index contributed by atoms with van der Waals surface area (Å²) in [7, 11) is 0. The number of hydrogen-bond acceptors (Lipinski definition) is 4. The van der Waals surface area contributed by atoms with Gasteiger partial charge in [0.05, 0.1) is 10.9 Å². The average molecular weight is 311 g/mol. The molecule has 0 saturated carbocycles. The molecule has 1 aromatic heterocycles. The molecule has 0 saturated heterocycles. The number of Topliss-reactive ketones (excluding diaryl/α,β-unsaturated/α-hetero) is 1. The summed E-state index contributed by atoms with van der Waals surface area (Å²) >= 11 is 5.73. The second kappa shape index (κ2) is 6.35. The molecule has 0 aliphatic carbocycles. The van der Waals surface area contributed by atoms with Crippen LogP contribution in [0.2, 0.25) is 5.02 Å². The SMILES string of the molecule is CC(=O)C(c1nc(Cc2cccc(Cl)c2F)no1)C(C)C. The Morgan fingerprint density at radius 1 is 1.43 bits per heavy atom. The summed E-state index contributed by atoms with van der Waals surface area (Å²) in [5.74, 6) is -0.297. The van der Waals surface area contributed by atoms with E-state index in [4.69, 9.17) is 16.1 Å². The van der Waals surface area contributed by atoms with Crippen LogP contribution in [0.1, 0.15) is 44.0 Å². The molecule has 0 aliphatic heterocycles. The fourth-order valence-corrected chi connectivity index (χ4v) is 2.44. The van der Waals surface area contributed by atoms with Gasteiger partial charge >= 0.3 is 0 Å². The van der Waals surface area contributed by atoms with Gasteiger partial charge in [-0.1, -0.05) is 42.7 Å².